The number of rotatable bonds is 2. The van der Waals surface area contributed by atoms with E-state index in [4.69, 9.17) is 16.3 Å². The summed E-state index contributed by atoms with van der Waals surface area (Å²) in [6, 6.07) is 3.53. The van der Waals surface area contributed by atoms with Crippen molar-refractivity contribution in [3.05, 3.63) is 32.8 Å². The van der Waals surface area contributed by atoms with Crippen LogP contribution in [-0.2, 0) is 4.74 Å². The zero-order chi connectivity index (χ0) is 10.7. The quantitative estimate of drug-likeness (QED) is 0.772. The molecule has 0 unspecified atom stereocenters. The van der Waals surface area contributed by atoms with Crippen LogP contribution in [0.25, 0.3) is 0 Å². The maximum absolute atomic E-state index is 11.5. The van der Waals surface area contributed by atoms with Gasteiger partial charge in [0.2, 0.25) is 0 Å². The second-order valence-corrected chi connectivity index (χ2v) is 3.97. The number of hydrogen-bond donors (Lipinski definition) is 0. The number of carbonyl (C=O) groups excluding carboxylic acids is 1. The van der Waals surface area contributed by atoms with Crippen LogP contribution in [0.1, 0.15) is 22.8 Å². The number of aryl methyl sites for hydroxylation is 1. The van der Waals surface area contributed by atoms with Crippen LogP contribution in [0.5, 0.6) is 0 Å². The second-order valence-electron chi connectivity index (χ2n) is 2.77. The maximum Gasteiger partial charge on any atom is 0.340 e. The van der Waals surface area contributed by atoms with Crippen molar-refractivity contribution in [1.82, 2.24) is 0 Å². The molecular weight excluding hydrogens is 267 g/mol. The van der Waals surface area contributed by atoms with Crippen LogP contribution >= 0.6 is 27.5 Å². The highest BCUT2D eigenvalue weighted by molar-refractivity contribution is 9.10. The fraction of sp³-hybridized carbons (Fsp3) is 0.300. The van der Waals surface area contributed by atoms with E-state index in [1.807, 2.05) is 13.0 Å². The predicted octanol–water partition coefficient (Wildman–Crippen LogP) is 3.59. The van der Waals surface area contributed by atoms with E-state index < -0.39 is 5.97 Å². The summed E-state index contributed by atoms with van der Waals surface area (Å²) in [4.78, 5) is 11.5. The summed E-state index contributed by atoms with van der Waals surface area (Å²) in [5.41, 5.74) is 1.35. The van der Waals surface area contributed by atoms with Crippen LogP contribution in [0.2, 0.25) is 5.02 Å². The minimum Gasteiger partial charge on any atom is -0.462 e. The van der Waals surface area contributed by atoms with Crippen molar-refractivity contribution in [1.29, 1.82) is 0 Å². The summed E-state index contributed by atoms with van der Waals surface area (Å²) in [6.45, 7) is 3.99. The molecule has 0 fully saturated rings. The molecule has 1 aromatic carbocycles. The third-order valence-electron chi connectivity index (χ3n) is 1.76. The molecule has 4 heteroatoms. The van der Waals surface area contributed by atoms with Gasteiger partial charge in [-0.25, -0.2) is 4.79 Å². The summed E-state index contributed by atoms with van der Waals surface area (Å²) in [6.07, 6.45) is 0. The van der Waals surface area contributed by atoms with E-state index in [1.54, 1.807) is 13.0 Å². The summed E-state index contributed by atoms with van der Waals surface area (Å²) in [7, 11) is 0. The first-order valence-electron chi connectivity index (χ1n) is 4.19. The molecule has 0 bridgehead atoms. The topological polar surface area (TPSA) is 26.3 Å². The zero-order valence-electron chi connectivity index (χ0n) is 7.93. The first-order valence-corrected chi connectivity index (χ1v) is 5.36. The van der Waals surface area contributed by atoms with Crippen molar-refractivity contribution in [2.75, 3.05) is 6.61 Å². The molecule has 0 saturated carbocycles. The molecule has 0 N–H and O–H groups in total. The van der Waals surface area contributed by atoms with Crippen LogP contribution in [0.15, 0.2) is 16.6 Å². The van der Waals surface area contributed by atoms with Crippen molar-refractivity contribution in [2.24, 2.45) is 0 Å². The Balaban J connectivity index is 3.18. The summed E-state index contributed by atoms with van der Waals surface area (Å²) < 4.78 is 5.59. The summed E-state index contributed by atoms with van der Waals surface area (Å²) >= 11 is 9.22. The number of ether oxygens (including phenoxy) is 1. The molecule has 0 spiro atoms. The van der Waals surface area contributed by atoms with Gasteiger partial charge in [-0.15, -0.1) is 0 Å². The molecule has 0 amide bonds. The Labute approximate surface area is 96.3 Å². The highest BCUT2D eigenvalue weighted by atomic mass is 79.9. The summed E-state index contributed by atoms with van der Waals surface area (Å²) in [5, 5.41) is 0.404. The number of halogens is 2. The normalized spacial score (nSPS) is 10.0. The Bertz CT molecular complexity index is 363. The molecule has 0 aromatic heterocycles. The number of carbonyl (C=O) groups is 1. The van der Waals surface area contributed by atoms with Gasteiger partial charge in [0.1, 0.15) is 0 Å². The van der Waals surface area contributed by atoms with Crippen molar-refractivity contribution in [3.63, 3.8) is 0 Å². The van der Waals surface area contributed by atoms with Gasteiger partial charge in [0, 0.05) is 4.47 Å². The van der Waals surface area contributed by atoms with Gasteiger partial charge in [-0.3, -0.25) is 0 Å². The molecule has 0 saturated heterocycles. The highest BCUT2D eigenvalue weighted by Gasteiger charge is 2.16. The van der Waals surface area contributed by atoms with Crippen LogP contribution in [0.4, 0.5) is 0 Å². The Hall–Kier alpha value is -0.540. The largest absolute Gasteiger partial charge is 0.462 e. The molecule has 2 nitrogen and oxygen atoms in total. The average Bonchev–Trinajstić information content (AvgIpc) is 2.13. The average molecular weight is 278 g/mol. The molecule has 1 aromatic rings. The van der Waals surface area contributed by atoms with Crippen LogP contribution < -0.4 is 0 Å². The molecule has 0 aliphatic carbocycles. The van der Waals surface area contributed by atoms with Crippen molar-refractivity contribution in [2.45, 2.75) is 13.8 Å². The van der Waals surface area contributed by atoms with E-state index in [9.17, 15) is 4.79 Å². The van der Waals surface area contributed by atoms with Crippen LogP contribution in [-0.4, -0.2) is 12.6 Å². The Morgan fingerprint density at radius 2 is 2.21 bits per heavy atom. The van der Waals surface area contributed by atoms with Gasteiger partial charge >= 0.3 is 5.97 Å². The van der Waals surface area contributed by atoms with Gasteiger partial charge in [0.25, 0.3) is 0 Å². The standard InChI is InChI=1S/C10H10BrClO2/c1-3-14-10(13)8-7(12)5-4-6(2)9(8)11/h4-5H,3H2,1-2H3. The Kier molecular flexibility index (Phi) is 3.96. The third-order valence-corrected chi connectivity index (χ3v) is 3.10. The molecule has 0 atom stereocenters. The zero-order valence-corrected chi connectivity index (χ0v) is 10.3. The van der Waals surface area contributed by atoms with Crippen molar-refractivity contribution < 1.29 is 9.53 Å². The number of hydrogen-bond acceptors (Lipinski definition) is 2. The molecule has 14 heavy (non-hydrogen) atoms. The highest BCUT2D eigenvalue weighted by Crippen LogP contribution is 2.28. The van der Waals surface area contributed by atoms with E-state index >= 15 is 0 Å². The molecule has 76 valence electrons. The summed E-state index contributed by atoms with van der Waals surface area (Å²) in [5.74, 6) is -0.395. The van der Waals surface area contributed by atoms with Crippen molar-refractivity contribution >= 4 is 33.5 Å². The van der Waals surface area contributed by atoms with E-state index in [0.29, 0.717) is 21.7 Å². The van der Waals surface area contributed by atoms with Gasteiger partial charge in [-0.2, -0.15) is 0 Å². The second kappa shape index (κ2) is 4.80. The van der Waals surface area contributed by atoms with Gasteiger partial charge in [0.15, 0.2) is 0 Å². The smallest absolute Gasteiger partial charge is 0.340 e. The fourth-order valence-electron chi connectivity index (χ4n) is 1.05. The third kappa shape index (κ3) is 2.28. The lowest BCUT2D eigenvalue weighted by molar-refractivity contribution is 0.0525. The molecule has 0 aliphatic rings. The first kappa shape index (κ1) is 11.5. The van der Waals surface area contributed by atoms with Gasteiger partial charge in [-0.05, 0) is 41.4 Å². The minimum absolute atomic E-state index is 0.343. The molecule has 0 heterocycles. The predicted molar refractivity (Wildman–Crippen MR) is 59.8 cm³/mol. The molecule has 0 aliphatic heterocycles. The van der Waals surface area contributed by atoms with Gasteiger partial charge in [0.05, 0.1) is 17.2 Å². The lowest BCUT2D eigenvalue weighted by Crippen LogP contribution is -2.07. The molecular formula is C10H10BrClO2. The van der Waals surface area contributed by atoms with E-state index in [1.165, 1.54) is 0 Å². The SMILES string of the molecule is CCOC(=O)c1c(Cl)ccc(C)c1Br. The van der Waals surface area contributed by atoms with Gasteiger partial charge < -0.3 is 4.74 Å². The lowest BCUT2D eigenvalue weighted by atomic mass is 10.1. The monoisotopic (exact) mass is 276 g/mol. The molecule has 1 rings (SSSR count). The maximum atomic E-state index is 11.5. The fourth-order valence-corrected chi connectivity index (χ4v) is 1.90. The van der Waals surface area contributed by atoms with E-state index in [2.05, 4.69) is 15.9 Å². The van der Waals surface area contributed by atoms with Crippen molar-refractivity contribution in [3.8, 4) is 0 Å². The van der Waals surface area contributed by atoms with Gasteiger partial charge in [-0.1, -0.05) is 17.7 Å². The van der Waals surface area contributed by atoms with Crippen LogP contribution in [0.3, 0.4) is 0 Å². The number of esters is 1. The van der Waals surface area contributed by atoms with Crippen LogP contribution in [0, 0.1) is 6.92 Å². The Morgan fingerprint density at radius 3 is 2.79 bits per heavy atom. The number of benzene rings is 1. The first-order chi connectivity index (χ1) is 6.57. The molecule has 0 radical (unpaired) electrons. The minimum atomic E-state index is -0.395. The van der Waals surface area contributed by atoms with E-state index in [0.717, 1.165) is 5.56 Å². The van der Waals surface area contributed by atoms with E-state index in [-0.39, 0.29) is 0 Å². The lowest BCUT2D eigenvalue weighted by Gasteiger charge is -2.08. The Morgan fingerprint density at radius 1 is 1.57 bits per heavy atom.